The summed E-state index contributed by atoms with van der Waals surface area (Å²) in [4.78, 5) is 12.3. The van der Waals surface area contributed by atoms with Gasteiger partial charge in [-0.25, -0.2) is 0 Å². The molecule has 2 aromatic rings. The van der Waals surface area contributed by atoms with E-state index < -0.39 is 0 Å². The molecule has 3 rings (SSSR count). The number of halogens is 1. The van der Waals surface area contributed by atoms with E-state index in [2.05, 4.69) is 29.6 Å². The van der Waals surface area contributed by atoms with Gasteiger partial charge in [-0.15, -0.1) is 12.4 Å². The van der Waals surface area contributed by atoms with Crippen LogP contribution >= 0.6 is 12.4 Å². The zero-order valence-corrected chi connectivity index (χ0v) is 13.7. The highest BCUT2D eigenvalue weighted by Crippen LogP contribution is 2.19. The lowest BCUT2D eigenvalue weighted by molar-refractivity contribution is -0.122. The Hall–Kier alpha value is -1.59. The normalized spacial score (nSPS) is 24.7. The number of carbonyl (C=O) groups is 1. The average molecular weight is 324 g/mol. The van der Waals surface area contributed by atoms with Crippen LogP contribution in [0.5, 0.6) is 0 Å². The monoisotopic (exact) mass is 323 g/mol. The van der Waals surface area contributed by atoms with Crippen LogP contribution < -0.4 is 10.6 Å². The predicted molar refractivity (Wildman–Crippen MR) is 88.1 cm³/mol. The Balaban J connectivity index is 0.00000176. The number of carbonyl (C=O) groups excluding carboxylic acids is 1. The number of amides is 1. The van der Waals surface area contributed by atoms with Crippen LogP contribution in [0.15, 0.2) is 28.8 Å². The molecule has 0 saturated carbocycles. The molecule has 1 saturated heterocycles. The molecule has 1 aliphatic heterocycles. The Morgan fingerprint density at radius 3 is 2.95 bits per heavy atom. The van der Waals surface area contributed by atoms with Crippen LogP contribution in [0.25, 0.3) is 11.0 Å². The number of hydrogen-bond acceptors (Lipinski definition) is 4. The van der Waals surface area contributed by atoms with E-state index in [-0.39, 0.29) is 30.8 Å². The minimum Gasteiger partial charge on any atom is -0.356 e. The minimum atomic E-state index is 0. The Morgan fingerprint density at radius 2 is 2.18 bits per heavy atom. The molecule has 0 bridgehead atoms. The second-order valence-corrected chi connectivity index (χ2v) is 5.90. The van der Waals surface area contributed by atoms with Crippen molar-refractivity contribution in [2.24, 2.45) is 5.92 Å². The maximum Gasteiger partial charge on any atom is 0.226 e. The van der Waals surface area contributed by atoms with Gasteiger partial charge in [0.1, 0.15) is 5.69 Å². The van der Waals surface area contributed by atoms with Crippen molar-refractivity contribution in [2.75, 3.05) is 6.54 Å². The molecule has 0 spiro atoms. The molecule has 2 heterocycles. The third-order valence-electron chi connectivity index (χ3n) is 4.33. The Kier molecular flexibility index (Phi) is 5.42. The predicted octanol–water partition coefficient (Wildman–Crippen LogP) is 2.29. The molecule has 22 heavy (non-hydrogen) atoms. The Bertz CT molecular complexity index is 633. The highest BCUT2D eigenvalue weighted by Gasteiger charge is 2.28. The summed E-state index contributed by atoms with van der Waals surface area (Å²) in [6.07, 6.45) is 1.34. The second kappa shape index (κ2) is 7.11. The van der Waals surface area contributed by atoms with Gasteiger partial charge in [0.25, 0.3) is 0 Å². The first-order valence-corrected chi connectivity index (χ1v) is 7.51. The smallest absolute Gasteiger partial charge is 0.226 e. The van der Waals surface area contributed by atoms with Gasteiger partial charge in [-0.1, -0.05) is 24.2 Å². The fraction of sp³-hybridized carbons (Fsp3) is 0.500. The van der Waals surface area contributed by atoms with Crippen LogP contribution in [0.2, 0.25) is 0 Å². The van der Waals surface area contributed by atoms with Crippen molar-refractivity contribution in [3.8, 4) is 0 Å². The number of rotatable bonds is 3. The van der Waals surface area contributed by atoms with E-state index >= 15 is 0 Å². The number of para-hydroxylation sites is 1. The molecule has 1 fully saturated rings. The molecule has 120 valence electrons. The largest absolute Gasteiger partial charge is 0.356 e. The molecule has 2 N–H and O–H groups in total. The van der Waals surface area contributed by atoms with Gasteiger partial charge >= 0.3 is 0 Å². The summed E-state index contributed by atoms with van der Waals surface area (Å²) in [5, 5.41) is 11.5. The lowest BCUT2D eigenvalue weighted by Crippen LogP contribution is -2.56. The first kappa shape index (κ1) is 16.8. The molecule has 5 nitrogen and oxygen atoms in total. The molecule has 1 aromatic heterocycles. The summed E-state index contributed by atoms with van der Waals surface area (Å²) in [5.41, 5.74) is 1.42. The Morgan fingerprint density at radius 1 is 1.41 bits per heavy atom. The van der Waals surface area contributed by atoms with Crippen LogP contribution in [-0.2, 0) is 11.2 Å². The van der Waals surface area contributed by atoms with Gasteiger partial charge in [0.05, 0.1) is 6.42 Å². The number of piperidine rings is 1. The quantitative estimate of drug-likeness (QED) is 0.909. The summed E-state index contributed by atoms with van der Waals surface area (Å²) in [6.45, 7) is 5.32. The molecule has 1 aliphatic rings. The maximum absolute atomic E-state index is 12.3. The van der Waals surface area contributed by atoms with Crippen LogP contribution in [0.1, 0.15) is 26.0 Å². The molecule has 1 amide bonds. The zero-order valence-electron chi connectivity index (χ0n) is 12.8. The van der Waals surface area contributed by atoms with Gasteiger partial charge in [-0.2, -0.15) is 0 Å². The van der Waals surface area contributed by atoms with E-state index in [4.69, 9.17) is 4.52 Å². The molecule has 3 unspecified atom stereocenters. The van der Waals surface area contributed by atoms with Crippen molar-refractivity contribution in [1.82, 2.24) is 15.8 Å². The highest BCUT2D eigenvalue weighted by atomic mass is 35.5. The number of aromatic nitrogens is 1. The maximum atomic E-state index is 12.3. The molecule has 0 aliphatic carbocycles. The van der Waals surface area contributed by atoms with Gasteiger partial charge in [0.15, 0.2) is 5.58 Å². The third-order valence-corrected chi connectivity index (χ3v) is 4.33. The van der Waals surface area contributed by atoms with Crippen LogP contribution in [0, 0.1) is 5.92 Å². The van der Waals surface area contributed by atoms with Crippen molar-refractivity contribution < 1.29 is 9.32 Å². The van der Waals surface area contributed by atoms with Gasteiger partial charge in [-0.3, -0.25) is 4.79 Å². The zero-order chi connectivity index (χ0) is 14.8. The topological polar surface area (TPSA) is 67.2 Å². The van der Waals surface area contributed by atoms with E-state index in [1.54, 1.807) is 0 Å². The Labute approximate surface area is 136 Å². The molecule has 3 atom stereocenters. The van der Waals surface area contributed by atoms with Gasteiger partial charge in [0.2, 0.25) is 5.91 Å². The number of nitrogens with one attached hydrogen (secondary N) is 2. The number of nitrogens with zero attached hydrogens (tertiary/aromatic N) is 1. The van der Waals surface area contributed by atoms with Crippen molar-refractivity contribution in [3.05, 3.63) is 30.0 Å². The van der Waals surface area contributed by atoms with Gasteiger partial charge in [0, 0.05) is 17.5 Å². The number of benzene rings is 1. The van der Waals surface area contributed by atoms with Gasteiger partial charge < -0.3 is 15.2 Å². The first-order chi connectivity index (χ1) is 10.1. The highest BCUT2D eigenvalue weighted by molar-refractivity contribution is 5.86. The molecule has 6 heteroatoms. The lowest BCUT2D eigenvalue weighted by Gasteiger charge is -2.35. The summed E-state index contributed by atoms with van der Waals surface area (Å²) in [5.74, 6) is 0.487. The molecule has 0 radical (unpaired) electrons. The van der Waals surface area contributed by atoms with Crippen LogP contribution in [-0.4, -0.2) is 29.7 Å². The molecular formula is C16H22ClN3O2. The first-order valence-electron chi connectivity index (χ1n) is 7.51. The average Bonchev–Trinajstić information content (AvgIpc) is 2.87. The summed E-state index contributed by atoms with van der Waals surface area (Å²) in [7, 11) is 0. The van der Waals surface area contributed by atoms with Crippen molar-refractivity contribution in [3.63, 3.8) is 0 Å². The fourth-order valence-corrected chi connectivity index (χ4v) is 3.06. The molecule has 1 aromatic carbocycles. The van der Waals surface area contributed by atoms with E-state index in [1.807, 2.05) is 24.3 Å². The van der Waals surface area contributed by atoms with Crippen molar-refractivity contribution >= 4 is 29.3 Å². The number of fused-ring (bicyclic) bond motifs is 1. The van der Waals surface area contributed by atoms with E-state index in [0.29, 0.717) is 17.7 Å². The SMILES string of the molecule is CC1CCNC(C)C1NC(=O)Cc1noc2ccccc12.Cl. The van der Waals surface area contributed by atoms with Crippen LogP contribution in [0.4, 0.5) is 0 Å². The van der Waals surface area contributed by atoms with E-state index in [0.717, 1.165) is 23.9 Å². The summed E-state index contributed by atoms with van der Waals surface area (Å²) >= 11 is 0. The fourth-order valence-electron chi connectivity index (χ4n) is 3.06. The van der Waals surface area contributed by atoms with E-state index in [1.165, 1.54) is 0 Å². The summed E-state index contributed by atoms with van der Waals surface area (Å²) in [6, 6.07) is 8.09. The third kappa shape index (κ3) is 3.42. The van der Waals surface area contributed by atoms with Crippen molar-refractivity contribution in [2.45, 2.75) is 38.8 Å². The lowest BCUT2D eigenvalue weighted by atomic mass is 9.89. The second-order valence-electron chi connectivity index (χ2n) is 5.90. The van der Waals surface area contributed by atoms with Gasteiger partial charge in [-0.05, 0) is 37.9 Å². The number of hydrogen-bond donors (Lipinski definition) is 2. The van der Waals surface area contributed by atoms with E-state index in [9.17, 15) is 4.79 Å². The summed E-state index contributed by atoms with van der Waals surface area (Å²) < 4.78 is 5.24. The standard InChI is InChI=1S/C16H21N3O2.ClH/c1-10-7-8-17-11(2)16(10)18-15(20)9-13-12-5-3-4-6-14(12)21-19-13;/h3-6,10-11,16-17H,7-9H2,1-2H3,(H,18,20);1H. The molecular weight excluding hydrogens is 302 g/mol. The minimum absolute atomic E-state index is 0. The van der Waals surface area contributed by atoms with Crippen LogP contribution in [0.3, 0.4) is 0 Å². The van der Waals surface area contributed by atoms with Crippen molar-refractivity contribution in [1.29, 1.82) is 0 Å².